The number of ether oxygens (including phenoxy) is 1. The fraction of sp³-hybridized carbons (Fsp3) is 0.300. The highest BCUT2D eigenvalue weighted by atomic mass is 127. The summed E-state index contributed by atoms with van der Waals surface area (Å²) in [4.78, 5) is 12.6. The van der Waals surface area contributed by atoms with E-state index in [1.807, 2.05) is 12.1 Å². The molecule has 0 unspecified atom stereocenters. The molecule has 76 valence electrons. The Labute approximate surface area is 97.2 Å². The summed E-state index contributed by atoms with van der Waals surface area (Å²) in [6, 6.07) is 7.50. The van der Waals surface area contributed by atoms with Gasteiger partial charge in [0.1, 0.15) is 5.75 Å². The van der Waals surface area contributed by atoms with Crippen molar-refractivity contribution in [1.29, 1.82) is 0 Å². The lowest BCUT2D eigenvalue weighted by molar-refractivity contribution is 0.172. The molecule has 4 heteroatoms. The average Bonchev–Trinajstić information content (AvgIpc) is 2.19. The van der Waals surface area contributed by atoms with Gasteiger partial charge in [0.25, 0.3) is 0 Å². The Bertz CT molecular complexity index is 308. The Morgan fingerprint density at radius 1 is 1.36 bits per heavy atom. The number of alkyl halides is 1. The first-order valence-electron chi connectivity index (χ1n) is 4.17. The Morgan fingerprint density at radius 2 is 1.93 bits per heavy atom. The topological polar surface area (TPSA) is 29.5 Å². The minimum atomic E-state index is -0.354. The van der Waals surface area contributed by atoms with Crippen LogP contribution in [0, 0.1) is 0 Å². The summed E-state index contributed by atoms with van der Waals surface area (Å²) in [5.41, 5.74) is 1.22. The SMILES string of the molecule is CN(C)C(=O)Oc1ccc(CI)cc1. The van der Waals surface area contributed by atoms with Gasteiger partial charge in [-0.3, -0.25) is 0 Å². The smallest absolute Gasteiger partial charge is 0.410 e. The van der Waals surface area contributed by atoms with Gasteiger partial charge in [0.15, 0.2) is 0 Å². The van der Waals surface area contributed by atoms with E-state index in [1.54, 1.807) is 26.2 Å². The van der Waals surface area contributed by atoms with E-state index < -0.39 is 0 Å². The highest BCUT2D eigenvalue weighted by Crippen LogP contribution is 2.14. The van der Waals surface area contributed by atoms with Gasteiger partial charge < -0.3 is 9.64 Å². The molecule has 0 bridgehead atoms. The summed E-state index contributed by atoms with van der Waals surface area (Å²) in [5, 5.41) is 0. The van der Waals surface area contributed by atoms with E-state index >= 15 is 0 Å². The van der Waals surface area contributed by atoms with Crippen LogP contribution in [0.2, 0.25) is 0 Å². The van der Waals surface area contributed by atoms with Crippen LogP contribution in [0.25, 0.3) is 0 Å². The quantitative estimate of drug-likeness (QED) is 0.621. The molecule has 0 aliphatic carbocycles. The van der Waals surface area contributed by atoms with Crippen LogP contribution in [-0.4, -0.2) is 25.1 Å². The number of hydrogen-bond acceptors (Lipinski definition) is 2. The lowest BCUT2D eigenvalue weighted by Crippen LogP contribution is -2.25. The van der Waals surface area contributed by atoms with Crippen molar-refractivity contribution in [2.75, 3.05) is 14.1 Å². The lowest BCUT2D eigenvalue weighted by atomic mass is 10.2. The molecule has 1 aromatic rings. The van der Waals surface area contributed by atoms with Crippen molar-refractivity contribution < 1.29 is 9.53 Å². The van der Waals surface area contributed by atoms with Crippen LogP contribution in [-0.2, 0) is 4.43 Å². The fourth-order valence-electron chi connectivity index (χ4n) is 0.839. The molecule has 1 aromatic carbocycles. The summed E-state index contributed by atoms with van der Waals surface area (Å²) in [7, 11) is 3.31. The largest absolute Gasteiger partial charge is 0.414 e. The number of rotatable bonds is 2. The number of amides is 1. The Morgan fingerprint density at radius 3 is 2.36 bits per heavy atom. The number of hydrogen-bond donors (Lipinski definition) is 0. The van der Waals surface area contributed by atoms with Gasteiger partial charge in [-0.15, -0.1) is 0 Å². The van der Waals surface area contributed by atoms with Crippen molar-refractivity contribution in [3.05, 3.63) is 29.8 Å². The average molecular weight is 305 g/mol. The van der Waals surface area contributed by atoms with Crippen LogP contribution < -0.4 is 4.74 Å². The van der Waals surface area contributed by atoms with Crippen LogP contribution >= 0.6 is 22.6 Å². The van der Waals surface area contributed by atoms with E-state index in [0.717, 1.165) is 4.43 Å². The van der Waals surface area contributed by atoms with E-state index in [9.17, 15) is 4.79 Å². The summed E-state index contributed by atoms with van der Waals surface area (Å²) in [5.74, 6) is 0.581. The first-order chi connectivity index (χ1) is 6.63. The molecule has 0 radical (unpaired) electrons. The third-order valence-corrected chi connectivity index (χ3v) is 2.53. The summed E-state index contributed by atoms with van der Waals surface area (Å²) >= 11 is 2.29. The standard InChI is InChI=1S/C10H12INO2/c1-12(2)10(13)14-9-5-3-8(7-11)4-6-9/h3-6H,7H2,1-2H3. The van der Waals surface area contributed by atoms with Crippen LogP contribution in [0.4, 0.5) is 4.79 Å². The van der Waals surface area contributed by atoms with Crippen LogP contribution in [0.15, 0.2) is 24.3 Å². The molecule has 0 spiro atoms. The van der Waals surface area contributed by atoms with Crippen LogP contribution in [0.3, 0.4) is 0 Å². The first-order valence-corrected chi connectivity index (χ1v) is 5.70. The molecule has 0 aromatic heterocycles. The Hall–Kier alpha value is -0.780. The van der Waals surface area contributed by atoms with Crippen molar-refractivity contribution in [2.45, 2.75) is 4.43 Å². The van der Waals surface area contributed by atoms with Gasteiger partial charge in [-0.25, -0.2) is 4.79 Å². The Balaban J connectivity index is 2.64. The van der Waals surface area contributed by atoms with Crippen LogP contribution in [0.1, 0.15) is 5.56 Å². The van der Waals surface area contributed by atoms with Crippen molar-refractivity contribution in [3.63, 3.8) is 0 Å². The highest BCUT2D eigenvalue weighted by molar-refractivity contribution is 14.1. The van der Waals surface area contributed by atoms with E-state index in [2.05, 4.69) is 22.6 Å². The number of benzene rings is 1. The predicted molar refractivity (Wildman–Crippen MR) is 63.9 cm³/mol. The minimum absolute atomic E-state index is 0.354. The zero-order valence-corrected chi connectivity index (χ0v) is 10.3. The third-order valence-electron chi connectivity index (χ3n) is 1.65. The molecule has 0 N–H and O–H groups in total. The second-order valence-corrected chi connectivity index (χ2v) is 3.80. The first kappa shape index (κ1) is 11.3. The molecule has 0 atom stereocenters. The number of nitrogens with zero attached hydrogens (tertiary/aromatic N) is 1. The molecule has 1 rings (SSSR count). The van der Waals surface area contributed by atoms with Gasteiger partial charge in [0.2, 0.25) is 0 Å². The summed E-state index contributed by atoms with van der Waals surface area (Å²) in [6.07, 6.45) is -0.354. The van der Waals surface area contributed by atoms with Gasteiger partial charge in [0, 0.05) is 18.5 Å². The second kappa shape index (κ2) is 5.19. The van der Waals surface area contributed by atoms with Crippen molar-refractivity contribution in [1.82, 2.24) is 4.90 Å². The summed E-state index contributed by atoms with van der Waals surface area (Å²) in [6.45, 7) is 0. The van der Waals surface area contributed by atoms with E-state index in [1.165, 1.54) is 10.5 Å². The van der Waals surface area contributed by atoms with Gasteiger partial charge in [-0.05, 0) is 17.7 Å². The van der Waals surface area contributed by atoms with Crippen molar-refractivity contribution >= 4 is 28.7 Å². The molecule has 1 amide bonds. The predicted octanol–water partition coefficient (Wildman–Crippen LogP) is 2.68. The third kappa shape index (κ3) is 3.17. The van der Waals surface area contributed by atoms with E-state index in [0.29, 0.717) is 5.75 Å². The molecule has 0 heterocycles. The normalized spacial score (nSPS) is 9.64. The molecule has 0 fully saturated rings. The van der Waals surface area contributed by atoms with Gasteiger partial charge >= 0.3 is 6.09 Å². The number of carbonyl (C=O) groups excluding carboxylic acids is 1. The zero-order valence-electron chi connectivity index (χ0n) is 8.16. The van der Waals surface area contributed by atoms with Crippen molar-refractivity contribution in [3.8, 4) is 5.75 Å². The highest BCUT2D eigenvalue weighted by Gasteiger charge is 2.05. The molecule has 3 nitrogen and oxygen atoms in total. The zero-order chi connectivity index (χ0) is 10.6. The maximum absolute atomic E-state index is 11.2. The maximum Gasteiger partial charge on any atom is 0.414 e. The van der Waals surface area contributed by atoms with Gasteiger partial charge in [-0.1, -0.05) is 34.7 Å². The maximum atomic E-state index is 11.2. The van der Waals surface area contributed by atoms with Crippen molar-refractivity contribution in [2.24, 2.45) is 0 Å². The molecule has 0 aliphatic heterocycles. The summed E-state index contributed by atoms with van der Waals surface area (Å²) < 4.78 is 6.02. The molecular formula is C10H12INO2. The molecule has 0 aliphatic rings. The van der Waals surface area contributed by atoms with Crippen LogP contribution in [0.5, 0.6) is 5.75 Å². The number of halogens is 1. The lowest BCUT2D eigenvalue weighted by Gasteiger charge is -2.10. The second-order valence-electron chi connectivity index (χ2n) is 3.04. The van der Waals surface area contributed by atoms with Gasteiger partial charge in [-0.2, -0.15) is 0 Å². The fourth-order valence-corrected chi connectivity index (χ4v) is 1.35. The Kier molecular flexibility index (Phi) is 4.19. The number of carbonyl (C=O) groups is 1. The minimum Gasteiger partial charge on any atom is -0.410 e. The van der Waals surface area contributed by atoms with Gasteiger partial charge in [0.05, 0.1) is 0 Å². The molecule has 0 saturated heterocycles. The molecular weight excluding hydrogens is 293 g/mol. The molecule has 14 heavy (non-hydrogen) atoms. The van der Waals surface area contributed by atoms with E-state index in [-0.39, 0.29) is 6.09 Å². The van der Waals surface area contributed by atoms with E-state index in [4.69, 9.17) is 4.74 Å². The molecule has 0 saturated carbocycles. The monoisotopic (exact) mass is 305 g/mol.